The minimum atomic E-state index is -0.188. The number of carbonyl (C=O) groups excluding carboxylic acids is 1. The number of amides is 1. The molecule has 1 amide bonds. The van der Waals surface area contributed by atoms with Gasteiger partial charge in [-0.25, -0.2) is 0 Å². The summed E-state index contributed by atoms with van der Waals surface area (Å²) in [5.41, 5.74) is 5.18. The summed E-state index contributed by atoms with van der Waals surface area (Å²) in [5.74, 6) is -0.178. The van der Waals surface area contributed by atoms with Crippen molar-refractivity contribution < 1.29 is 9.53 Å². The van der Waals surface area contributed by atoms with E-state index in [1.165, 1.54) is 0 Å². The first-order valence-corrected chi connectivity index (χ1v) is 5.29. The molecule has 0 aromatic heterocycles. The van der Waals surface area contributed by atoms with Crippen molar-refractivity contribution in [3.8, 4) is 0 Å². The van der Waals surface area contributed by atoms with Crippen molar-refractivity contribution in [2.24, 2.45) is 11.7 Å². The Kier molecular flexibility index (Phi) is 4.90. The lowest BCUT2D eigenvalue weighted by Gasteiger charge is -2.26. The van der Waals surface area contributed by atoms with Crippen molar-refractivity contribution in [1.29, 1.82) is 0 Å². The van der Waals surface area contributed by atoms with E-state index in [9.17, 15) is 4.79 Å². The van der Waals surface area contributed by atoms with Crippen LogP contribution >= 0.6 is 0 Å². The van der Waals surface area contributed by atoms with Crippen molar-refractivity contribution in [3.63, 3.8) is 0 Å². The largest absolute Gasteiger partial charge is 0.379 e. The van der Waals surface area contributed by atoms with E-state index in [-0.39, 0.29) is 11.8 Å². The topological polar surface area (TPSA) is 55.6 Å². The van der Waals surface area contributed by atoms with Gasteiger partial charge in [0.1, 0.15) is 0 Å². The molecule has 0 radical (unpaired) electrons. The molecular weight excluding hydrogens is 180 g/mol. The fourth-order valence-electron chi connectivity index (χ4n) is 1.59. The van der Waals surface area contributed by atoms with E-state index in [0.29, 0.717) is 0 Å². The molecule has 1 aliphatic rings. The molecule has 1 fully saturated rings. The summed E-state index contributed by atoms with van der Waals surface area (Å²) in [6, 6.07) is 0. The molecular formula is C10H20N2O2. The quantitative estimate of drug-likeness (QED) is 0.690. The maximum Gasteiger partial charge on any atom is 0.220 e. The molecule has 0 bridgehead atoms. The predicted molar refractivity (Wildman–Crippen MR) is 54.9 cm³/mol. The normalized spacial score (nSPS) is 20.6. The van der Waals surface area contributed by atoms with Gasteiger partial charge in [0.05, 0.1) is 13.2 Å². The van der Waals surface area contributed by atoms with Gasteiger partial charge in [-0.2, -0.15) is 0 Å². The van der Waals surface area contributed by atoms with E-state index in [4.69, 9.17) is 10.5 Å². The Bertz CT molecular complexity index is 179. The van der Waals surface area contributed by atoms with Crippen LogP contribution < -0.4 is 5.73 Å². The van der Waals surface area contributed by atoms with Crippen LogP contribution in [0.15, 0.2) is 0 Å². The minimum Gasteiger partial charge on any atom is -0.379 e. The van der Waals surface area contributed by atoms with Gasteiger partial charge in [-0.1, -0.05) is 6.92 Å². The Morgan fingerprint density at radius 3 is 2.71 bits per heavy atom. The lowest BCUT2D eigenvalue weighted by molar-refractivity contribution is -0.121. The number of ether oxygens (including phenoxy) is 1. The van der Waals surface area contributed by atoms with Crippen LogP contribution in [-0.4, -0.2) is 43.7 Å². The Labute approximate surface area is 85.4 Å². The summed E-state index contributed by atoms with van der Waals surface area (Å²) < 4.78 is 5.25. The molecule has 0 spiro atoms. The first kappa shape index (κ1) is 11.5. The number of nitrogens with two attached hydrogens (primary N) is 1. The van der Waals surface area contributed by atoms with Crippen LogP contribution in [0.4, 0.5) is 0 Å². The van der Waals surface area contributed by atoms with Gasteiger partial charge < -0.3 is 10.5 Å². The summed E-state index contributed by atoms with van der Waals surface area (Å²) in [6.45, 7) is 6.66. The molecule has 1 aliphatic heterocycles. The van der Waals surface area contributed by atoms with E-state index in [1.54, 1.807) is 0 Å². The van der Waals surface area contributed by atoms with Gasteiger partial charge in [-0.05, 0) is 19.4 Å². The summed E-state index contributed by atoms with van der Waals surface area (Å²) in [5, 5.41) is 0. The number of hydrogen-bond acceptors (Lipinski definition) is 3. The summed E-state index contributed by atoms with van der Waals surface area (Å²) in [7, 11) is 0. The maximum atomic E-state index is 10.8. The van der Waals surface area contributed by atoms with E-state index >= 15 is 0 Å². The highest BCUT2D eigenvalue weighted by Gasteiger charge is 2.12. The third-order valence-electron chi connectivity index (χ3n) is 2.70. The molecule has 4 heteroatoms. The first-order valence-electron chi connectivity index (χ1n) is 5.29. The van der Waals surface area contributed by atoms with Gasteiger partial charge in [-0.3, -0.25) is 9.69 Å². The molecule has 1 heterocycles. The lowest BCUT2D eigenvalue weighted by atomic mass is 10.1. The van der Waals surface area contributed by atoms with Crippen molar-refractivity contribution in [2.75, 3.05) is 32.8 Å². The third kappa shape index (κ3) is 4.07. The second-order valence-electron chi connectivity index (χ2n) is 3.90. The molecule has 1 saturated heterocycles. The Balaban J connectivity index is 2.05. The van der Waals surface area contributed by atoms with Gasteiger partial charge in [0.2, 0.25) is 5.91 Å². The second-order valence-corrected chi connectivity index (χ2v) is 3.90. The van der Waals surface area contributed by atoms with Crippen LogP contribution in [0.1, 0.15) is 19.8 Å². The molecule has 2 N–H and O–H groups in total. The highest BCUT2D eigenvalue weighted by molar-refractivity contribution is 5.76. The fraction of sp³-hybridized carbons (Fsp3) is 0.900. The van der Waals surface area contributed by atoms with E-state index in [0.717, 1.165) is 45.7 Å². The fourth-order valence-corrected chi connectivity index (χ4v) is 1.59. The average Bonchev–Trinajstić information content (AvgIpc) is 2.19. The van der Waals surface area contributed by atoms with Gasteiger partial charge in [0.25, 0.3) is 0 Å². The smallest absolute Gasteiger partial charge is 0.220 e. The van der Waals surface area contributed by atoms with Crippen LogP contribution in [0.25, 0.3) is 0 Å². The summed E-state index contributed by atoms with van der Waals surface area (Å²) >= 11 is 0. The molecule has 14 heavy (non-hydrogen) atoms. The maximum absolute atomic E-state index is 10.8. The SMILES string of the molecule is CC(CCCN1CCOCC1)C(N)=O. The van der Waals surface area contributed by atoms with Crippen LogP contribution in [-0.2, 0) is 9.53 Å². The Hall–Kier alpha value is -0.610. The van der Waals surface area contributed by atoms with Crippen LogP contribution in [0.5, 0.6) is 0 Å². The first-order chi connectivity index (χ1) is 6.70. The van der Waals surface area contributed by atoms with Gasteiger partial charge in [0, 0.05) is 19.0 Å². The highest BCUT2D eigenvalue weighted by atomic mass is 16.5. The number of rotatable bonds is 5. The molecule has 1 atom stereocenters. The number of carbonyl (C=O) groups is 1. The molecule has 0 aliphatic carbocycles. The number of morpholine rings is 1. The van der Waals surface area contributed by atoms with Crippen molar-refractivity contribution in [2.45, 2.75) is 19.8 Å². The number of primary amides is 1. The minimum absolute atomic E-state index is 0.0102. The lowest BCUT2D eigenvalue weighted by Crippen LogP contribution is -2.37. The summed E-state index contributed by atoms with van der Waals surface area (Å²) in [4.78, 5) is 13.1. The van der Waals surface area contributed by atoms with Crippen LogP contribution in [0.2, 0.25) is 0 Å². The van der Waals surface area contributed by atoms with Crippen LogP contribution in [0, 0.1) is 5.92 Å². The van der Waals surface area contributed by atoms with Crippen molar-refractivity contribution in [3.05, 3.63) is 0 Å². The summed E-state index contributed by atoms with van der Waals surface area (Å²) in [6.07, 6.45) is 1.94. The molecule has 1 rings (SSSR count). The molecule has 82 valence electrons. The monoisotopic (exact) mass is 200 g/mol. The molecule has 0 saturated carbocycles. The standard InChI is InChI=1S/C10H20N2O2/c1-9(10(11)13)3-2-4-12-5-7-14-8-6-12/h9H,2-8H2,1H3,(H2,11,13). The predicted octanol–water partition coefficient (Wildman–Crippen LogP) is 0.220. The van der Waals surface area contributed by atoms with E-state index in [1.807, 2.05) is 6.92 Å². The van der Waals surface area contributed by atoms with Gasteiger partial charge in [-0.15, -0.1) is 0 Å². The molecule has 0 aromatic rings. The van der Waals surface area contributed by atoms with Gasteiger partial charge >= 0.3 is 0 Å². The second kappa shape index (κ2) is 5.98. The van der Waals surface area contributed by atoms with E-state index < -0.39 is 0 Å². The Morgan fingerprint density at radius 2 is 2.14 bits per heavy atom. The van der Waals surface area contributed by atoms with Crippen molar-refractivity contribution >= 4 is 5.91 Å². The third-order valence-corrected chi connectivity index (χ3v) is 2.70. The van der Waals surface area contributed by atoms with Crippen molar-refractivity contribution in [1.82, 2.24) is 4.90 Å². The van der Waals surface area contributed by atoms with Crippen LogP contribution in [0.3, 0.4) is 0 Å². The molecule has 1 unspecified atom stereocenters. The van der Waals surface area contributed by atoms with Gasteiger partial charge in [0.15, 0.2) is 0 Å². The number of hydrogen-bond donors (Lipinski definition) is 1. The molecule has 4 nitrogen and oxygen atoms in total. The molecule has 0 aromatic carbocycles. The zero-order valence-corrected chi connectivity index (χ0v) is 8.87. The number of nitrogens with zero attached hydrogens (tertiary/aromatic N) is 1. The van der Waals surface area contributed by atoms with E-state index in [2.05, 4.69) is 4.90 Å². The zero-order chi connectivity index (χ0) is 10.4. The Morgan fingerprint density at radius 1 is 1.50 bits per heavy atom. The zero-order valence-electron chi connectivity index (χ0n) is 8.87. The highest BCUT2D eigenvalue weighted by Crippen LogP contribution is 2.06. The average molecular weight is 200 g/mol.